The Hall–Kier alpha value is -3.51. The Kier molecular flexibility index (Phi) is 6.14. The lowest BCUT2D eigenvalue weighted by atomic mass is 10.0. The maximum atomic E-state index is 12.7. The van der Waals surface area contributed by atoms with Crippen LogP contribution in [0.15, 0.2) is 72.9 Å². The van der Waals surface area contributed by atoms with E-state index in [1.54, 1.807) is 48.5 Å². The van der Waals surface area contributed by atoms with Crippen LogP contribution in [0.25, 0.3) is 0 Å². The summed E-state index contributed by atoms with van der Waals surface area (Å²) in [5, 5.41) is 2.75. The van der Waals surface area contributed by atoms with Crippen molar-refractivity contribution in [2.24, 2.45) is 0 Å². The van der Waals surface area contributed by atoms with Gasteiger partial charge in [0.1, 0.15) is 5.15 Å². The van der Waals surface area contributed by atoms with E-state index in [1.807, 2.05) is 6.07 Å². The topological polar surface area (TPSA) is 85.4 Å². The van der Waals surface area contributed by atoms with Crippen LogP contribution >= 0.6 is 11.6 Å². The number of para-hydroxylation sites is 1. The number of aromatic nitrogens is 1. The van der Waals surface area contributed by atoms with E-state index in [9.17, 15) is 14.4 Å². The van der Waals surface area contributed by atoms with Crippen LogP contribution in [0.1, 0.15) is 26.3 Å². The highest BCUT2D eigenvalue weighted by Gasteiger charge is 2.16. The first-order chi connectivity index (χ1) is 13.5. The second kappa shape index (κ2) is 8.92. The maximum Gasteiger partial charge on any atom is 0.338 e. The zero-order chi connectivity index (χ0) is 19.9. The predicted octanol–water partition coefficient (Wildman–Crippen LogP) is 3.76. The molecule has 1 aromatic heterocycles. The average molecular weight is 395 g/mol. The summed E-state index contributed by atoms with van der Waals surface area (Å²) in [6.45, 7) is -0.507. The molecule has 0 bridgehead atoms. The summed E-state index contributed by atoms with van der Waals surface area (Å²) < 4.78 is 4.98. The third-order valence-electron chi connectivity index (χ3n) is 3.78. The van der Waals surface area contributed by atoms with E-state index in [4.69, 9.17) is 16.3 Å². The van der Waals surface area contributed by atoms with Crippen molar-refractivity contribution in [3.8, 4) is 0 Å². The van der Waals surface area contributed by atoms with Crippen LogP contribution in [0.4, 0.5) is 5.69 Å². The van der Waals surface area contributed by atoms with E-state index < -0.39 is 18.5 Å². The lowest BCUT2D eigenvalue weighted by Gasteiger charge is -2.11. The van der Waals surface area contributed by atoms with Gasteiger partial charge in [0.15, 0.2) is 12.4 Å². The van der Waals surface area contributed by atoms with Crippen LogP contribution in [-0.2, 0) is 9.53 Å². The Morgan fingerprint density at radius 3 is 2.39 bits per heavy atom. The molecule has 0 aliphatic carbocycles. The van der Waals surface area contributed by atoms with Crippen molar-refractivity contribution in [2.75, 3.05) is 11.9 Å². The molecule has 0 atom stereocenters. The van der Waals surface area contributed by atoms with Crippen LogP contribution < -0.4 is 5.32 Å². The number of halogens is 1. The molecule has 2 aromatic carbocycles. The summed E-state index contributed by atoms with van der Waals surface area (Å²) >= 11 is 5.73. The summed E-state index contributed by atoms with van der Waals surface area (Å²) in [4.78, 5) is 40.6. The number of carbonyl (C=O) groups excluding carboxylic acids is 3. The van der Waals surface area contributed by atoms with E-state index in [0.29, 0.717) is 16.8 Å². The smallest absolute Gasteiger partial charge is 0.338 e. The first-order valence-corrected chi connectivity index (χ1v) is 8.69. The fraction of sp³-hybridized carbons (Fsp3) is 0.0476. The molecule has 7 heteroatoms. The Balaban J connectivity index is 1.66. The minimum atomic E-state index is -0.701. The molecule has 0 unspecified atom stereocenters. The van der Waals surface area contributed by atoms with Crippen molar-refractivity contribution < 1.29 is 19.1 Å². The highest BCUT2D eigenvalue weighted by Crippen LogP contribution is 2.19. The number of esters is 1. The zero-order valence-electron chi connectivity index (χ0n) is 14.6. The van der Waals surface area contributed by atoms with E-state index >= 15 is 0 Å². The fourth-order valence-corrected chi connectivity index (χ4v) is 2.64. The number of ketones is 1. The summed E-state index contributed by atoms with van der Waals surface area (Å²) in [6, 6.07) is 18.1. The number of rotatable bonds is 6. The van der Waals surface area contributed by atoms with Crippen LogP contribution in [0.2, 0.25) is 5.15 Å². The molecule has 0 spiro atoms. The number of carbonyl (C=O) groups is 3. The summed E-state index contributed by atoms with van der Waals surface area (Å²) in [6.07, 6.45) is 1.37. The van der Waals surface area contributed by atoms with Gasteiger partial charge in [-0.1, -0.05) is 54.1 Å². The lowest BCUT2D eigenvalue weighted by Crippen LogP contribution is -2.22. The molecule has 0 saturated heterocycles. The number of hydrogen-bond acceptors (Lipinski definition) is 5. The Morgan fingerprint density at radius 2 is 1.64 bits per heavy atom. The fourth-order valence-electron chi connectivity index (χ4n) is 2.47. The average Bonchev–Trinajstić information content (AvgIpc) is 2.72. The number of hydrogen-bond donors (Lipinski definition) is 1. The number of ether oxygens (including phenoxy) is 1. The van der Waals surface area contributed by atoms with Crippen molar-refractivity contribution >= 4 is 34.9 Å². The molecule has 3 aromatic rings. The van der Waals surface area contributed by atoms with Crippen LogP contribution in [-0.4, -0.2) is 29.3 Å². The normalized spacial score (nSPS) is 10.2. The molecular formula is C21H15ClN2O4. The van der Waals surface area contributed by atoms with Gasteiger partial charge in [0, 0.05) is 17.3 Å². The third kappa shape index (κ3) is 4.81. The third-order valence-corrected chi connectivity index (χ3v) is 3.99. The largest absolute Gasteiger partial charge is 0.452 e. The van der Waals surface area contributed by atoms with Crippen LogP contribution in [0.5, 0.6) is 0 Å². The molecule has 6 nitrogen and oxygen atoms in total. The molecule has 1 amide bonds. The molecule has 0 aliphatic heterocycles. The van der Waals surface area contributed by atoms with Gasteiger partial charge in [-0.25, -0.2) is 9.78 Å². The van der Waals surface area contributed by atoms with E-state index in [-0.39, 0.29) is 16.5 Å². The van der Waals surface area contributed by atoms with E-state index in [1.165, 1.54) is 18.3 Å². The Bertz CT molecular complexity index is 1020. The van der Waals surface area contributed by atoms with Gasteiger partial charge in [0.2, 0.25) is 0 Å². The van der Waals surface area contributed by atoms with Crippen LogP contribution in [0, 0.1) is 0 Å². The van der Waals surface area contributed by atoms with Crippen molar-refractivity contribution in [2.45, 2.75) is 0 Å². The van der Waals surface area contributed by atoms with Crippen molar-refractivity contribution in [1.29, 1.82) is 0 Å². The number of nitrogens with zero attached hydrogens (tertiary/aromatic N) is 1. The quantitative estimate of drug-likeness (QED) is 0.391. The van der Waals surface area contributed by atoms with Gasteiger partial charge in [0.05, 0.1) is 11.3 Å². The number of anilines is 1. The van der Waals surface area contributed by atoms with Gasteiger partial charge in [-0.3, -0.25) is 9.59 Å². The standard InChI is InChI=1S/C21H15ClN2O4/c22-18-12-15(10-11-23-18)21(27)28-13-19(25)24-17-9-5-4-8-16(17)20(26)14-6-2-1-3-7-14/h1-12H,13H2,(H,24,25). The lowest BCUT2D eigenvalue weighted by molar-refractivity contribution is -0.119. The van der Waals surface area contributed by atoms with Crippen molar-refractivity contribution in [3.63, 3.8) is 0 Å². The van der Waals surface area contributed by atoms with Gasteiger partial charge >= 0.3 is 5.97 Å². The number of nitrogens with one attached hydrogen (secondary N) is 1. The predicted molar refractivity (Wildman–Crippen MR) is 104 cm³/mol. The van der Waals surface area contributed by atoms with E-state index in [0.717, 1.165) is 0 Å². The van der Waals surface area contributed by atoms with Crippen molar-refractivity contribution in [3.05, 3.63) is 94.8 Å². The second-order valence-corrected chi connectivity index (χ2v) is 6.12. The van der Waals surface area contributed by atoms with Gasteiger partial charge < -0.3 is 10.1 Å². The first-order valence-electron chi connectivity index (χ1n) is 8.32. The minimum absolute atomic E-state index is 0.146. The second-order valence-electron chi connectivity index (χ2n) is 5.73. The molecule has 1 N–H and O–H groups in total. The molecular weight excluding hydrogens is 380 g/mol. The molecule has 0 aliphatic rings. The molecule has 3 rings (SSSR count). The highest BCUT2D eigenvalue weighted by molar-refractivity contribution is 6.29. The molecule has 1 heterocycles. The highest BCUT2D eigenvalue weighted by atomic mass is 35.5. The minimum Gasteiger partial charge on any atom is -0.452 e. The van der Waals surface area contributed by atoms with Crippen LogP contribution in [0.3, 0.4) is 0 Å². The molecule has 0 radical (unpaired) electrons. The zero-order valence-corrected chi connectivity index (χ0v) is 15.3. The van der Waals surface area contributed by atoms with Gasteiger partial charge in [-0.05, 0) is 24.3 Å². The number of amides is 1. The number of pyridine rings is 1. The van der Waals surface area contributed by atoms with E-state index in [2.05, 4.69) is 10.3 Å². The molecule has 0 saturated carbocycles. The monoisotopic (exact) mass is 394 g/mol. The maximum absolute atomic E-state index is 12.7. The first kappa shape index (κ1) is 19.3. The Morgan fingerprint density at radius 1 is 0.929 bits per heavy atom. The van der Waals surface area contributed by atoms with Gasteiger partial charge in [-0.2, -0.15) is 0 Å². The molecule has 0 fully saturated rings. The van der Waals surface area contributed by atoms with Gasteiger partial charge in [0.25, 0.3) is 5.91 Å². The summed E-state index contributed by atoms with van der Waals surface area (Å²) in [5.74, 6) is -1.49. The van der Waals surface area contributed by atoms with Crippen molar-refractivity contribution in [1.82, 2.24) is 4.98 Å². The molecule has 140 valence electrons. The summed E-state index contributed by atoms with van der Waals surface area (Å²) in [7, 11) is 0. The SMILES string of the molecule is O=C(COC(=O)c1ccnc(Cl)c1)Nc1ccccc1C(=O)c1ccccc1. The Labute approximate surface area is 166 Å². The molecule has 28 heavy (non-hydrogen) atoms. The number of benzene rings is 2. The summed E-state index contributed by atoms with van der Waals surface area (Å²) in [5.41, 5.74) is 1.37. The van der Waals surface area contributed by atoms with Gasteiger partial charge in [-0.15, -0.1) is 0 Å².